The van der Waals surface area contributed by atoms with Gasteiger partial charge in [-0.25, -0.2) is 9.37 Å². The number of hydrogen-bond acceptors (Lipinski definition) is 5. The SMILES string of the molecule is CNc1cc(C(C)NC(=O)C2=CC(C)=CNC2OCc2ccc(F)cc2)ccn1. The molecule has 0 radical (unpaired) electrons. The Morgan fingerprint density at radius 3 is 2.79 bits per heavy atom. The van der Waals surface area contributed by atoms with Gasteiger partial charge >= 0.3 is 0 Å². The number of aromatic nitrogens is 1. The van der Waals surface area contributed by atoms with Crippen LogP contribution in [0.25, 0.3) is 0 Å². The first-order valence-electron chi connectivity index (χ1n) is 9.41. The number of anilines is 1. The molecule has 1 aromatic heterocycles. The van der Waals surface area contributed by atoms with E-state index in [4.69, 9.17) is 4.74 Å². The molecule has 2 atom stereocenters. The molecule has 29 heavy (non-hydrogen) atoms. The second-order valence-electron chi connectivity index (χ2n) is 6.89. The largest absolute Gasteiger partial charge is 0.373 e. The summed E-state index contributed by atoms with van der Waals surface area (Å²) in [5, 5.41) is 9.11. The van der Waals surface area contributed by atoms with E-state index in [2.05, 4.69) is 20.9 Å². The molecule has 0 fully saturated rings. The minimum absolute atomic E-state index is 0.206. The van der Waals surface area contributed by atoms with Crippen molar-refractivity contribution in [3.8, 4) is 0 Å². The van der Waals surface area contributed by atoms with Crippen LogP contribution in [0.5, 0.6) is 0 Å². The van der Waals surface area contributed by atoms with E-state index in [0.29, 0.717) is 5.57 Å². The number of halogens is 1. The molecular formula is C22H25FN4O2. The Hall–Kier alpha value is -3.19. The number of rotatable bonds is 7. The maximum absolute atomic E-state index is 13.1. The lowest BCUT2D eigenvalue weighted by atomic mass is 10.1. The van der Waals surface area contributed by atoms with Crippen molar-refractivity contribution in [2.24, 2.45) is 0 Å². The van der Waals surface area contributed by atoms with Crippen LogP contribution in [-0.2, 0) is 16.1 Å². The zero-order valence-electron chi connectivity index (χ0n) is 16.7. The van der Waals surface area contributed by atoms with Crippen LogP contribution in [0.15, 0.2) is 66.0 Å². The van der Waals surface area contributed by atoms with Gasteiger partial charge in [0.15, 0.2) is 6.23 Å². The normalized spacial score (nSPS) is 16.9. The molecule has 0 saturated heterocycles. The predicted octanol–water partition coefficient (Wildman–Crippen LogP) is 3.42. The van der Waals surface area contributed by atoms with Crippen LogP contribution in [0.1, 0.15) is 31.0 Å². The summed E-state index contributed by atoms with van der Waals surface area (Å²) in [7, 11) is 1.80. The molecule has 1 aliphatic rings. The smallest absolute Gasteiger partial charge is 0.252 e. The Kier molecular flexibility index (Phi) is 6.61. The lowest BCUT2D eigenvalue weighted by molar-refractivity contribution is -0.120. The van der Waals surface area contributed by atoms with E-state index in [9.17, 15) is 9.18 Å². The van der Waals surface area contributed by atoms with Gasteiger partial charge in [0.25, 0.3) is 5.91 Å². The van der Waals surface area contributed by atoms with E-state index in [1.807, 2.05) is 26.0 Å². The van der Waals surface area contributed by atoms with Crippen molar-refractivity contribution in [1.29, 1.82) is 0 Å². The second-order valence-corrected chi connectivity index (χ2v) is 6.89. The average molecular weight is 396 g/mol. The number of amides is 1. The van der Waals surface area contributed by atoms with E-state index < -0.39 is 6.23 Å². The number of benzene rings is 1. The Labute approximate surface area is 169 Å². The Balaban J connectivity index is 1.68. The van der Waals surface area contributed by atoms with Crippen LogP contribution in [0.4, 0.5) is 10.2 Å². The number of ether oxygens (including phenoxy) is 1. The molecule has 1 amide bonds. The monoisotopic (exact) mass is 396 g/mol. The summed E-state index contributed by atoms with van der Waals surface area (Å²) >= 11 is 0. The molecule has 2 aromatic rings. The molecule has 1 aromatic carbocycles. The number of dihydropyridines is 1. The summed E-state index contributed by atoms with van der Waals surface area (Å²) in [6.07, 6.45) is 4.71. The van der Waals surface area contributed by atoms with Crippen molar-refractivity contribution >= 4 is 11.7 Å². The molecule has 2 heterocycles. The van der Waals surface area contributed by atoms with Gasteiger partial charge in [-0.05, 0) is 60.9 Å². The standard InChI is InChI=1S/C22H25FN4O2/c1-14-10-19(21(28)27-15(2)17-8-9-25-20(11-17)24-3)22(26-12-14)29-13-16-4-6-18(23)7-5-16/h4-12,15,22,26H,13H2,1-3H3,(H,24,25)(H,27,28). The summed E-state index contributed by atoms with van der Waals surface area (Å²) in [4.78, 5) is 17.1. The molecule has 1 aliphatic heterocycles. The highest BCUT2D eigenvalue weighted by molar-refractivity contribution is 5.95. The summed E-state index contributed by atoms with van der Waals surface area (Å²) in [5.41, 5.74) is 3.18. The van der Waals surface area contributed by atoms with E-state index in [1.54, 1.807) is 37.7 Å². The van der Waals surface area contributed by atoms with E-state index >= 15 is 0 Å². The van der Waals surface area contributed by atoms with Crippen LogP contribution in [0.3, 0.4) is 0 Å². The van der Waals surface area contributed by atoms with Crippen LogP contribution in [0.2, 0.25) is 0 Å². The minimum Gasteiger partial charge on any atom is -0.373 e. The summed E-state index contributed by atoms with van der Waals surface area (Å²) in [6.45, 7) is 4.07. The van der Waals surface area contributed by atoms with Gasteiger partial charge in [-0.15, -0.1) is 0 Å². The summed E-state index contributed by atoms with van der Waals surface area (Å²) in [6, 6.07) is 9.65. The average Bonchev–Trinajstić information content (AvgIpc) is 2.74. The molecule has 3 rings (SSSR count). The topological polar surface area (TPSA) is 75.3 Å². The van der Waals surface area contributed by atoms with Crippen molar-refractivity contribution in [2.75, 3.05) is 12.4 Å². The molecule has 6 nitrogen and oxygen atoms in total. The van der Waals surface area contributed by atoms with E-state index in [0.717, 1.165) is 22.5 Å². The fraction of sp³-hybridized carbons (Fsp3) is 0.273. The predicted molar refractivity (Wildman–Crippen MR) is 110 cm³/mol. The lowest BCUT2D eigenvalue weighted by Crippen LogP contribution is -2.40. The minimum atomic E-state index is -0.596. The number of pyridine rings is 1. The summed E-state index contributed by atoms with van der Waals surface area (Å²) < 4.78 is 19.0. The van der Waals surface area contributed by atoms with E-state index in [-0.39, 0.29) is 24.4 Å². The third kappa shape index (κ3) is 5.42. The van der Waals surface area contributed by atoms with Gasteiger partial charge in [0.2, 0.25) is 0 Å². The van der Waals surface area contributed by atoms with Crippen LogP contribution in [-0.4, -0.2) is 24.2 Å². The number of nitrogens with zero attached hydrogens (tertiary/aromatic N) is 1. The van der Waals surface area contributed by atoms with E-state index in [1.165, 1.54) is 12.1 Å². The molecule has 2 unspecified atom stereocenters. The Morgan fingerprint density at radius 1 is 1.31 bits per heavy atom. The van der Waals surface area contributed by atoms with Crippen molar-refractivity contribution in [2.45, 2.75) is 32.7 Å². The quantitative estimate of drug-likeness (QED) is 0.669. The summed E-state index contributed by atoms with van der Waals surface area (Å²) in [5.74, 6) is 0.223. The highest BCUT2D eigenvalue weighted by atomic mass is 19.1. The molecule has 0 aliphatic carbocycles. The zero-order valence-corrected chi connectivity index (χ0v) is 16.7. The third-order valence-corrected chi connectivity index (χ3v) is 4.61. The third-order valence-electron chi connectivity index (χ3n) is 4.61. The van der Waals surface area contributed by atoms with Crippen molar-refractivity contribution in [3.63, 3.8) is 0 Å². The molecule has 0 saturated carbocycles. The van der Waals surface area contributed by atoms with Crippen molar-refractivity contribution < 1.29 is 13.9 Å². The molecule has 152 valence electrons. The molecule has 3 N–H and O–H groups in total. The molecular weight excluding hydrogens is 371 g/mol. The first kappa shape index (κ1) is 20.5. The van der Waals surface area contributed by atoms with Gasteiger partial charge in [-0.2, -0.15) is 0 Å². The van der Waals surface area contributed by atoms with Gasteiger partial charge in [-0.3, -0.25) is 4.79 Å². The molecule has 0 spiro atoms. The first-order chi connectivity index (χ1) is 14.0. The number of nitrogens with one attached hydrogen (secondary N) is 3. The highest BCUT2D eigenvalue weighted by Gasteiger charge is 2.25. The van der Waals surface area contributed by atoms with Gasteiger partial charge in [0.1, 0.15) is 11.6 Å². The first-order valence-corrected chi connectivity index (χ1v) is 9.41. The Morgan fingerprint density at radius 2 is 2.07 bits per heavy atom. The number of carbonyl (C=O) groups is 1. The highest BCUT2D eigenvalue weighted by Crippen LogP contribution is 2.19. The number of allylic oxidation sites excluding steroid dienone is 2. The van der Waals surface area contributed by atoms with Gasteiger partial charge in [0.05, 0.1) is 18.2 Å². The lowest BCUT2D eigenvalue weighted by Gasteiger charge is -2.26. The van der Waals surface area contributed by atoms with Gasteiger partial charge in [-0.1, -0.05) is 12.1 Å². The number of carbonyl (C=O) groups excluding carboxylic acids is 1. The maximum atomic E-state index is 13.1. The van der Waals surface area contributed by atoms with Gasteiger partial charge in [0, 0.05) is 19.4 Å². The maximum Gasteiger partial charge on any atom is 0.252 e. The molecule has 0 bridgehead atoms. The number of hydrogen-bond donors (Lipinski definition) is 3. The fourth-order valence-corrected chi connectivity index (χ4v) is 2.96. The zero-order chi connectivity index (χ0) is 20.8. The van der Waals surface area contributed by atoms with Gasteiger partial charge < -0.3 is 20.7 Å². The Bertz CT molecular complexity index is 925. The van der Waals surface area contributed by atoms with Crippen molar-refractivity contribution in [1.82, 2.24) is 15.6 Å². The van der Waals surface area contributed by atoms with Crippen LogP contribution in [0, 0.1) is 5.82 Å². The fourth-order valence-electron chi connectivity index (χ4n) is 2.96. The van der Waals surface area contributed by atoms with Crippen LogP contribution >= 0.6 is 0 Å². The molecule has 7 heteroatoms. The second kappa shape index (κ2) is 9.34. The van der Waals surface area contributed by atoms with Crippen LogP contribution < -0.4 is 16.0 Å². The van der Waals surface area contributed by atoms with Crippen molar-refractivity contribution in [3.05, 3.63) is 83.0 Å².